The second-order valence-electron chi connectivity index (χ2n) is 6.35. The Morgan fingerprint density at radius 2 is 2.00 bits per heavy atom. The van der Waals surface area contributed by atoms with Crippen LogP contribution in [0.2, 0.25) is 0 Å². The third-order valence-electron chi connectivity index (χ3n) is 4.25. The van der Waals surface area contributed by atoms with Gasteiger partial charge in [-0.15, -0.1) is 0 Å². The van der Waals surface area contributed by atoms with E-state index in [1.54, 1.807) is 24.5 Å². The van der Waals surface area contributed by atoms with Crippen LogP contribution in [0.3, 0.4) is 0 Å². The van der Waals surface area contributed by atoms with Gasteiger partial charge in [-0.3, -0.25) is 9.89 Å². The van der Waals surface area contributed by atoms with E-state index in [0.717, 1.165) is 21.5 Å². The van der Waals surface area contributed by atoms with E-state index in [4.69, 9.17) is 0 Å². The largest absolute Gasteiger partial charge is 0.322 e. The lowest BCUT2D eigenvalue weighted by Crippen LogP contribution is -2.13. The standard InChI is InChI=1S/C21H18N4OS/c1-13-5-8-19(14(2)10-13)27-21-17(4-3-9-22-21)20(26)24-16-6-7-18-15(11-16)12-23-25-18/h3-12H,1-2H3,(H,23,25)(H,24,26). The number of hydrogen-bond acceptors (Lipinski definition) is 4. The minimum absolute atomic E-state index is 0.182. The molecule has 1 amide bonds. The minimum atomic E-state index is -0.182. The van der Waals surface area contributed by atoms with Gasteiger partial charge in [-0.05, 0) is 55.8 Å². The number of aromatic amines is 1. The minimum Gasteiger partial charge on any atom is -0.322 e. The molecule has 0 atom stereocenters. The topological polar surface area (TPSA) is 70.7 Å². The van der Waals surface area contributed by atoms with Crippen LogP contribution in [0.25, 0.3) is 10.9 Å². The highest BCUT2D eigenvalue weighted by Crippen LogP contribution is 2.32. The lowest BCUT2D eigenvalue weighted by molar-refractivity contribution is 0.102. The number of pyridine rings is 1. The van der Waals surface area contributed by atoms with E-state index in [1.807, 2.05) is 18.2 Å². The molecule has 0 aliphatic rings. The number of benzene rings is 2. The fourth-order valence-corrected chi connectivity index (χ4v) is 3.83. The highest BCUT2D eigenvalue weighted by molar-refractivity contribution is 7.99. The summed E-state index contributed by atoms with van der Waals surface area (Å²) in [7, 11) is 0. The number of fused-ring (bicyclic) bond motifs is 1. The number of nitrogens with one attached hydrogen (secondary N) is 2. The molecule has 2 aromatic carbocycles. The van der Waals surface area contributed by atoms with E-state index in [2.05, 4.69) is 52.5 Å². The number of aromatic nitrogens is 3. The summed E-state index contributed by atoms with van der Waals surface area (Å²) < 4.78 is 0. The molecule has 0 aliphatic carbocycles. The number of hydrogen-bond donors (Lipinski definition) is 2. The van der Waals surface area contributed by atoms with Gasteiger partial charge in [0.15, 0.2) is 0 Å². The molecule has 0 saturated heterocycles. The number of carbonyl (C=O) groups is 1. The molecule has 0 saturated carbocycles. The number of aryl methyl sites for hydroxylation is 2. The summed E-state index contributed by atoms with van der Waals surface area (Å²) in [5.74, 6) is -0.182. The Hall–Kier alpha value is -3.12. The second-order valence-corrected chi connectivity index (χ2v) is 7.38. The number of amides is 1. The normalized spacial score (nSPS) is 10.9. The SMILES string of the molecule is Cc1ccc(Sc2ncccc2C(=O)Nc2ccc3[nH]ncc3c2)c(C)c1. The first-order valence-electron chi connectivity index (χ1n) is 8.55. The van der Waals surface area contributed by atoms with Crippen LogP contribution in [0.5, 0.6) is 0 Å². The van der Waals surface area contributed by atoms with Gasteiger partial charge in [0.05, 0.1) is 17.3 Å². The molecular weight excluding hydrogens is 356 g/mol. The summed E-state index contributed by atoms with van der Waals surface area (Å²) >= 11 is 1.51. The van der Waals surface area contributed by atoms with E-state index >= 15 is 0 Å². The predicted molar refractivity (Wildman–Crippen MR) is 108 cm³/mol. The van der Waals surface area contributed by atoms with Crippen molar-refractivity contribution >= 4 is 34.3 Å². The summed E-state index contributed by atoms with van der Waals surface area (Å²) in [6, 6.07) is 15.5. The van der Waals surface area contributed by atoms with Crippen LogP contribution in [0.15, 0.2) is 70.8 Å². The lowest BCUT2D eigenvalue weighted by atomic mass is 10.2. The Morgan fingerprint density at radius 1 is 1.11 bits per heavy atom. The van der Waals surface area contributed by atoms with E-state index in [9.17, 15) is 4.79 Å². The van der Waals surface area contributed by atoms with Crippen LogP contribution in [-0.2, 0) is 0 Å². The fraction of sp³-hybridized carbons (Fsp3) is 0.0952. The van der Waals surface area contributed by atoms with Crippen molar-refractivity contribution in [3.63, 3.8) is 0 Å². The van der Waals surface area contributed by atoms with Gasteiger partial charge in [-0.2, -0.15) is 5.10 Å². The zero-order chi connectivity index (χ0) is 18.8. The molecule has 2 aromatic heterocycles. The molecule has 0 bridgehead atoms. The molecule has 5 nitrogen and oxygen atoms in total. The number of H-pyrrole nitrogens is 1. The molecule has 134 valence electrons. The average molecular weight is 374 g/mol. The molecule has 0 spiro atoms. The van der Waals surface area contributed by atoms with Crippen molar-refractivity contribution in [2.24, 2.45) is 0 Å². The van der Waals surface area contributed by atoms with Crippen LogP contribution >= 0.6 is 11.8 Å². The first-order chi connectivity index (χ1) is 13.1. The van der Waals surface area contributed by atoms with Crippen LogP contribution in [0.4, 0.5) is 5.69 Å². The quantitative estimate of drug-likeness (QED) is 0.529. The Labute approximate surface area is 161 Å². The number of nitrogens with zero attached hydrogens (tertiary/aromatic N) is 2. The molecular formula is C21H18N4OS. The Bertz CT molecular complexity index is 1140. The number of anilines is 1. The molecule has 0 radical (unpaired) electrons. The average Bonchev–Trinajstić information content (AvgIpc) is 3.12. The highest BCUT2D eigenvalue weighted by atomic mass is 32.2. The smallest absolute Gasteiger partial charge is 0.258 e. The van der Waals surface area contributed by atoms with Crippen molar-refractivity contribution in [3.05, 3.63) is 77.6 Å². The molecule has 4 rings (SSSR count). The third-order valence-corrected chi connectivity index (χ3v) is 5.45. The molecule has 27 heavy (non-hydrogen) atoms. The van der Waals surface area contributed by atoms with Gasteiger partial charge in [0.1, 0.15) is 5.03 Å². The van der Waals surface area contributed by atoms with Gasteiger partial charge in [0, 0.05) is 22.2 Å². The van der Waals surface area contributed by atoms with Crippen LogP contribution in [-0.4, -0.2) is 21.1 Å². The summed E-state index contributed by atoms with van der Waals surface area (Å²) in [5, 5.41) is 11.5. The summed E-state index contributed by atoms with van der Waals surface area (Å²) in [4.78, 5) is 18.4. The van der Waals surface area contributed by atoms with Crippen molar-refractivity contribution < 1.29 is 4.79 Å². The number of carbonyl (C=O) groups excluding carboxylic acids is 1. The van der Waals surface area contributed by atoms with Crippen LogP contribution in [0, 0.1) is 13.8 Å². The Balaban J connectivity index is 1.60. The molecule has 0 aliphatic heterocycles. The van der Waals surface area contributed by atoms with Gasteiger partial charge in [-0.25, -0.2) is 4.98 Å². The highest BCUT2D eigenvalue weighted by Gasteiger charge is 2.15. The molecule has 6 heteroatoms. The maximum absolute atomic E-state index is 12.9. The molecule has 2 N–H and O–H groups in total. The van der Waals surface area contributed by atoms with Crippen LogP contribution in [0.1, 0.15) is 21.5 Å². The zero-order valence-corrected chi connectivity index (χ0v) is 15.8. The first-order valence-corrected chi connectivity index (χ1v) is 9.36. The van der Waals surface area contributed by atoms with E-state index in [1.165, 1.54) is 22.9 Å². The van der Waals surface area contributed by atoms with Crippen molar-refractivity contribution in [2.45, 2.75) is 23.8 Å². The maximum atomic E-state index is 12.9. The second kappa shape index (κ2) is 7.25. The van der Waals surface area contributed by atoms with Gasteiger partial charge in [-0.1, -0.05) is 29.5 Å². The van der Waals surface area contributed by atoms with Gasteiger partial charge in [0.2, 0.25) is 0 Å². The first kappa shape index (κ1) is 17.3. The summed E-state index contributed by atoms with van der Waals surface area (Å²) in [6.07, 6.45) is 3.44. The summed E-state index contributed by atoms with van der Waals surface area (Å²) in [6.45, 7) is 4.14. The van der Waals surface area contributed by atoms with E-state index < -0.39 is 0 Å². The van der Waals surface area contributed by atoms with Gasteiger partial charge >= 0.3 is 0 Å². The molecule has 0 unspecified atom stereocenters. The third kappa shape index (κ3) is 3.71. The fourth-order valence-electron chi connectivity index (χ4n) is 2.88. The lowest BCUT2D eigenvalue weighted by Gasteiger charge is -2.11. The van der Waals surface area contributed by atoms with Crippen molar-refractivity contribution in [2.75, 3.05) is 5.32 Å². The van der Waals surface area contributed by atoms with Crippen molar-refractivity contribution in [1.29, 1.82) is 0 Å². The Kier molecular flexibility index (Phi) is 4.64. The van der Waals surface area contributed by atoms with Crippen molar-refractivity contribution in [3.8, 4) is 0 Å². The van der Waals surface area contributed by atoms with Gasteiger partial charge in [0.25, 0.3) is 5.91 Å². The van der Waals surface area contributed by atoms with E-state index in [-0.39, 0.29) is 5.91 Å². The summed E-state index contributed by atoms with van der Waals surface area (Å²) in [5.41, 5.74) is 4.59. The van der Waals surface area contributed by atoms with Gasteiger partial charge < -0.3 is 5.32 Å². The molecule has 2 heterocycles. The van der Waals surface area contributed by atoms with Crippen molar-refractivity contribution in [1.82, 2.24) is 15.2 Å². The number of rotatable bonds is 4. The zero-order valence-electron chi connectivity index (χ0n) is 15.0. The molecule has 4 aromatic rings. The monoisotopic (exact) mass is 374 g/mol. The van der Waals surface area contributed by atoms with Crippen LogP contribution < -0.4 is 5.32 Å². The predicted octanol–water partition coefficient (Wildman–Crippen LogP) is 4.98. The molecule has 0 fully saturated rings. The Morgan fingerprint density at radius 3 is 2.85 bits per heavy atom. The maximum Gasteiger partial charge on any atom is 0.258 e. The van der Waals surface area contributed by atoms with E-state index in [0.29, 0.717) is 10.6 Å².